The number of benzene rings is 3. The third-order valence-electron chi connectivity index (χ3n) is 7.02. The van der Waals surface area contributed by atoms with Gasteiger partial charge in [-0.25, -0.2) is 14.4 Å². The number of alkyl halides is 3. The Hall–Kier alpha value is -3.39. The summed E-state index contributed by atoms with van der Waals surface area (Å²) in [4.78, 5) is 39.9. The van der Waals surface area contributed by atoms with Crippen LogP contribution in [0.1, 0.15) is 50.8 Å². The molecular formula is C31H28Cl3NO6. The molecule has 10 heteroatoms. The van der Waals surface area contributed by atoms with Gasteiger partial charge in [0.2, 0.25) is 3.79 Å². The van der Waals surface area contributed by atoms with Crippen molar-refractivity contribution in [3.63, 3.8) is 0 Å². The van der Waals surface area contributed by atoms with Gasteiger partial charge in [-0.05, 0) is 49.2 Å². The molecule has 1 aliphatic carbocycles. The molecule has 0 radical (unpaired) electrons. The van der Waals surface area contributed by atoms with E-state index in [1.54, 1.807) is 91.0 Å². The Balaban J connectivity index is 1.78. The Bertz CT molecular complexity index is 1360. The zero-order chi connectivity index (χ0) is 29.6. The monoisotopic (exact) mass is 615 g/mol. The summed E-state index contributed by atoms with van der Waals surface area (Å²) in [5.74, 6) is -3.49. The molecule has 0 unspecified atom stereocenters. The molecule has 1 fully saturated rings. The third-order valence-corrected chi connectivity index (χ3v) is 7.63. The Kier molecular flexibility index (Phi) is 10.1. The van der Waals surface area contributed by atoms with E-state index in [1.807, 2.05) is 6.92 Å². The van der Waals surface area contributed by atoms with Crippen molar-refractivity contribution in [2.75, 3.05) is 0 Å². The first kappa shape index (κ1) is 30.6. The van der Waals surface area contributed by atoms with Gasteiger partial charge in [0.05, 0.1) is 22.4 Å². The molecule has 7 nitrogen and oxygen atoms in total. The smallest absolute Gasteiger partial charge is 0.338 e. The highest BCUT2D eigenvalue weighted by Gasteiger charge is 2.54. The van der Waals surface area contributed by atoms with Crippen LogP contribution in [0.15, 0.2) is 91.0 Å². The largest absolute Gasteiger partial charge is 0.454 e. The number of rotatable bonds is 8. The molecule has 4 rings (SSSR count). The SMILES string of the molecule is CC[C@H]1C[C@H](C(=N)C(Cl)(Cl)Cl)[C@H](OC(=O)c2ccccc2)[C@@H](OC(=O)c2ccccc2)[C@@H]1OC(=O)c1ccccc1. The minimum Gasteiger partial charge on any atom is -0.454 e. The number of nitrogens with one attached hydrogen (secondary N) is 1. The fourth-order valence-electron chi connectivity index (χ4n) is 4.91. The Morgan fingerprint density at radius 2 is 1.05 bits per heavy atom. The van der Waals surface area contributed by atoms with E-state index in [0.29, 0.717) is 12.0 Å². The van der Waals surface area contributed by atoms with Crippen molar-refractivity contribution in [3.05, 3.63) is 108 Å². The topological polar surface area (TPSA) is 103 Å². The first-order chi connectivity index (χ1) is 19.6. The number of carbonyl (C=O) groups is 3. The van der Waals surface area contributed by atoms with Crippen molar-refractivity contribution in [2.24, 2.45) is 11.8 Å². The van der Waals surface area contributed by atoms with Gasteiger partial charge < -0.3 is 19.6 Å². The number of halogens is 3. The molecule has 41 heavy (non-hydrogen) atoms. The second-order valence-corrected chi connectivity index (χ2v) is 11.9. The number of hydrogen-bond donors (Lipinski definition) is 1. The molecule has 3 aromatic carbocycles. The van der Waals surface area contributed by atoms with Gasteiger partial charge in [0.15, 0.2) is 12.2 Å². The summed E-state index contributed by atoms with van der Waals surface area (Å²) >= 11 is 18.4. The van der Waals surface area contributed by atoms with Crippen LogP contribution in [0.2, 0.25) is 0 Å². The van der Waals surface area contributed by atoms with Crippen molar-refractivity contribution in [3.8, 4) is 0 Å². The fraction of sp³-hybridized carbons (Fsp3) is 0.290. The van der Waals surface area contributed by atoms with Crippen molar-refractivity contribution >= 4 is 58.4 Å². The summed E-state index contributed by atoms with van der Waals surface area (Å²) in [6, 6.07) is 24.8. The van der Waals surface area contributed by atoms with Crippen molar-refractivity contribution in [1.82, 2.24) is 0 Å². The van der Waals surface area contributed by atoms with E-state index in [2.05, 4.69) is 0 Å². The number of esters is 3. The molecule has 0 aliphatic heterocycles. The van der Waals surface area contributed by atoms with E-state index in [4.69, 9.17) is 54.4 Å². The first-order valence-corrected chi connectivity index (χ1v) is 14.2. The van der Waals surface area contributed by atoms with Crippen LogP contribution in [0, 0.1) is 17.2 Å². The van der Waals surface area contributed by atoms with E-state index in [1.165, 1.54) is 0 Å². The number of hydrogen-bond acceptors (Lipinski definition) is 7. The molecule has 0 amide bonds. The lowest BCUT2D eigenvalue weighted by Gasteiger charge is -2.45. The van der Waals surface area contributed by atoms with Crippen molar-refractivity contribution in [1.29, 1.82) is 5.41 Å². The molecule has 0 heterocycles. The van der Waals surface area contributed by atoms with Crippen LogP contribution in [-0.2, 0) is 14.2 Å². The predicted octanol–water partition coefficient (Wildman–Crippen LogP) is 7.10. The maximum Gasteiger partial charge on any atom is 0.338 e. The molecule has 1 aliphatic rings. The zero-order valence-electron chi connectivity index (χ0n) is 22.0. The van der Waals surface area contributed by atoms with E-state index < -0.39 is 51.8 Å². The zero-order valence-corrected chi connectivity index (χ0v) is 24.3. The van der Waals surface area contributed by atoms with Crippen LogP contribution in [0.25, 0.3) is 0 Å². The van der Waals surface area contributed by atoms with E-state index in [-0.39, 0.29) is 23.3 Å². The molecule has 0 spiro atoms. The molecule has 5 atom stereocenters. The van der Waals surface area contributed by atoms with Gasteiger partial charge in [-0.1, -0.05) is 96.3 Å². The van der Waals surface area contributed by atoms with Gasteiger partial charge >= 0.3 is 17.9 Å². The van der Waals surface area contributed by atoms with E-state index >= 15 is 0 Å². The highest BCUT2D eigenvalue weighted by Crippen LogP contribution is 2.43. The normalized spacial score (nSPS) is 22.3. The lowest BCUT2D eigenvalue weighted by Crippen LogP contribution is -2.58. The first-order valence-electron chi connectivity index (χ1n) is 13.0. The minimum absolute atomic E-state index is 0.169. The minimum atomic E-state index is -2.12. The van der Waals surface area contributed by atoms with Crippen LogP contribution in [-0.4, -0.2) is 45.7 Å². The lowest BCUT2D eigenvalue weighted by molar-refractivity contribution is -0.136. The van der Waals surface area contributed by atoms with Gasteiger partial charge in [-0.3, -0.25) is 0 Å². The molecule has 0 aromatic heterocycles. The molecule has 1 saturated carbocycles. The average Bonchev–Trinajstić information content (AvgIpc) is 2.99. The molecule has 3 aromatic rings. The maximum atomic E-state index is 13.3. The fourth-order valence-corrected chi connectivity index (χ4v) is 5.33. The highest BCUT2D eigenvalue weighted by atomic mass is 35.6. The van der Waals surface area contributed by atoms with E-state index in [0.717, 1.165) is 0 Å². The van der Waals surface area contributed by atoms with Crippen LogP contribution in [0.5, 0.6) is 0 Å². The second kappa shape index (κ2) is 13.5. The van der Waals surface area contributed by atoms with Gasteiger partial charge in [-0.2, -0.15) is 0 Å². The molecular weight excluding hydrogens is 589 g/mol. The second-order valence-electron chi connectivity index (χ2n) is 9.63. The maximum absolute atomic E-state index is 13.3. The highest BCUT2D eigenvalue weighted by molar-refractivity contribution is 6.76. The summed E-state index contributed by atoms with van der Waals surface area (Å²) in [5.41, 5.74) is 0.431. The van der Waals surface area contributed by atoms with Crippen LogP contribution >= 0.6 is 34.8 Å². The number of ether oxygens (including phenoxy) is 3. The quantitative estimate of drug-likeness (QED) is 0.125. The molecule has 1 N–H and O–H groups in total. The average molecular weight is 617 g/mol. The van der Waals surface area contributed by atoms with Crippen molar-refractivity contribution < 1.29 is 28.6 Å². The number of carbonyl (C=O) groups excluding carboxylic acids is 3. The van der Waals surface area contributed by atoms with Crippen LogP contribution < -0.4 is 0 Å². The summed E-state index contributed by atoms with van der Waals surface area (Å²) in [6.07, 6.45) is -3.03. The standard InChI is InChI=1S/C31H28Cl3NO6/c1-2-19-18-23(27(35)31(32,33)34)25(40-29(37)21-14-8-4-9-15-21)26(41-30(38)22-16-10-5-11-17-22)24(19)39-28(36)20-12-6-3-7-13-20/h3-17,19,23-26,35H,2,18H2,1H3/t19-,23-,24+,25-,26-/m0/s1. The van der Waals surface area contributed by atoms with Crippen LogP contribution in [0.3, 0.4) is 0 Å². The van der Waals surface area contributed by atoms with Crippen LogP contribution in [0.4, 0.5) is 0 Å². The molecule has 0 saturated heterocycles. The predicted molar refractivity (Wildman–Crippen MR) is 157 cm³/mol. The Morgan fingerprint density at radius 3 is 1.41 bits per heavy atom. The summed E-state index contributed by atoms with van der Waals surface area (Å²) < 4.78 is 15.8. The van der Waals surface area contributed by atoms with Gasteiger partial charge in [0.25, 0.3) is 0 Å². The summed E-state index contributed by atoms with van der Waals surface area (Å²) in [5, 5.41) is 8.72. The van der Waals surface area contributed by atoms with E-state index in [9.17, 15) is 14.4 Å². The summed E-state index contributed by atoms with van der Waals surface area (Å²) in [7, 11) is 0. The Morgan fingerprint density at radius 1 is 0.683 bits per heavy atom. The Labute approximate surface area is 253 Å². The summed E-state index contributed by atoms with van der Waals surface area (Å²) in [6.45, 7) is 1.87. The third kappa shape index (κ3) is 7.47. The molecule has 0 bridgehead atoms. The van der Waals surface area contributed by atoms with Gasteiger partial charge in [-0.15, -0.1) is 0 Å². The lowest BCUT2D eigenvalue weighted by atomic mass is 9.72. The van der Waals surface area contributed by atoms with Gasteiger partial charge in [0.1, 0.15) is 6.10 Å². The van der Waals surface area contributed by atoms with Crippen molar-refractivity contribution in [2.45, 2.75) is 41.9 Å². The molecule has 214 valence electrons. The van der Waals surface area contributed by atoms with Gasteiger partial charge in [0, 0.05) is 11.8 Å².